The van der Waals surface area contributed by atoms with Crippen molar-refractivity contribution in [3.63, 3.8) is 0 Å². The van der Waals surface area contributed by atoms with Crippen LogP contribution in [-0.2, 0) is 6.42 Å². The van der Waals surface area contributed by atoms with Crippen LogP contribution >= 0.6 is 11.3 Å². The van der Waals surface area contributed by atoms with E-state index in [1.807, 2.05) is 4.52 Å². The molecule has 0 amide bonds. The largest absolute Gasteiger partial charge is 0.317 e. The lowest BCUT2D eigenvalue weighted by molar-refractivity contribution is 0.423. The second-order valence-corrected chi connectivity index (χ2v) is 6.23. The van der Waals surface area contributed by atoms with Crippen molar-refractivity contribution >= 4 is 16.3 Å². The molecule has 19 heavy (non-hydrogen) atoms. The fourth-order valence-corrected chi connectivity index (χ4v) is 3.60. The van der Waals surface area contributed by atoms with Gasteiger partial charge in [0.1, 0.15) is 5.01 Å². The summed E-state index contributed by atoms with van der Waals surface area (Å²) in [6.07, 6.45) is 7.46. The molecule has 0 atom stereocenters. The van der Waals surface area contributed by atoms with Crippen LogP contribution in [0.4, 0.5) is 0 Å². The zero-order chi connectivity index (χ0) is 13.1. The molecule has 5 nitrogen and oxygen atoms in total. The predicted molar refractivity (Wildman–Crippen MR) is 76.7 cm³/mol. The van der Waals surface area contributed by atoms with E-state index < -0.39 is 0 Å². The highest BCUT2D eigenvalue weighted by molar-refractivity contribution is 7.16. The van der Waals surface area contributed by atoms with Crippen LogP contribution in [0, 0.1) is 0 Å². The molecule has 0 unspecified atom stereocenters. The first-order valence-corrected chi connectivity index (χ1v) is 8.12. The lowest BCUT2D eigenvalue weighted by Crippen LogP contribution is -2.16. The van der Waals surface area contributed by atoms with Gasteiger partial charge >= 0.3 is 0 Å². The summed E-state index contributed by atoms with van der Waals surface area (Å²) in [5, 5.41) is 17.8. The molecule has 1 aliphatic carbocycles. The molecular formula is C13H21N5S. The molecule has 0 aliphatic heterocycles. The summed E-state index contributed by atoms with van der Waals surface area (Å²) in [6, 6.07) is 0. The Hall–Kier alpha value is -1.01. The number of hydrogen-bond acceptors (Lipinski definition) is 5. The molecule has 1 saturated carbocycles. The molecular weight excluding hydrogens is 258 g/mol. The van der Waals surface area contributed by atoms with Gasteiger partial charge in [-0.1, -0.05) is 37.5 Å². The first-order chi connectivity index (χ1) is 9.38. The average molecular weight is 279 g/mol. The maximum absolute atomic E-state index is 4.69. The van der Waals surface area contributed by atoms with Gasteiger partial charge in [-0.05, 0) is 19.4 Å². The Morgan fingerprint density at radius 3 is 2.89 bits per heavy atom. The standard InChI is InChI=1S/C13H21N5S/c1-2-14-9-8-11-17-18-12(15-16-13(18)19-11)10-6-4-3-5-7-10/h10,14H,2-9H2,1H3. The minimum Gasteiger partial charge on any atom is -0.317 e. The molecule has 0 radical (unpaired) electrons. The lowest BCUT2D eigenvalue weighted by Gasteiger charge is -2.18. The van der Waals surface area contributed by atoms with E-state index in [2.05, 4.69) is 27.5 Å². The van der Waals surface area contributed by atoms with Crippen molar-refractivity contribution in [3.8, 4) is 0 Å². The van der Waals surface area contributed by atoms with Crippen molar-refractivity contribution in [3.05, 3.63) is 10.8 Å². The van der Waals surface area contributed by atoms with Gasteiger partial charge in [0.25, 0.3) is 0 Å². The highest BCUT2D eigenvalue weighted by Crippen LogP contribution is 2.32. The van der Waals surface area contributed by atoms with E-state index in [-0.39, 0.29) is 0 Å². The molecule has 2 aromatic rings. The van der Waals surface area contributed by atoms with Gasteiger partial charge in [0.2, 0.25) is 4.96 Å². The van der Waals surface area contributed by atoms with Crippen LogP contribution in [0.2, 0.25) is 0 Å². The van der Waals surface area contributed by atoms with Crippen molar-refractivity contribution in [2.24, 2.45) is 0 Å². The predicted octanol–water partition coefficient (Wildman–Crippen LogP) is 2.39. The number of nitrogens with one attached hydrogen (secondary N) is 1. The molecule has 2 heterocycles. The Labute approximate surface area is 117 Å². The third-order valence-electron chi connectivity index (χ3n) is 3.79. The average Bonchev–Trinajstić information content (AvgIpc) is 3.00. The van der Waals surface area contributed by atoms with E-state index in [1.165, 1.54) is 32.1 Å². The highest BCUT2D eigenvalue weighted by Gasteiger charge is 2.22. The first kappa shape index (κ1) is 13.0. The third kappa shape index (κ3) is 2.79. The molecule has 0 bridgehead atoms. The van der Waals surface area contributed by atoms with Crippen LogP contribution in [0.25, 0.3) is 4.96 Å². The summed E-state index contributed by atoms with van der Waals surface area (Å²) in [6.45, 7) is 4.12. The van der Waals surface area contributed by atoms with E-state index in [4.69, 9.17) is 0 Å². The molecule has 3 rings (SSSR count). The summed E-state index contributed by atoms with van der Waals surface area (Å²) in [7, 11) is 0. The van der Waals surface area contributed by atoms with Crippen LogP contribution in [0.5, 0.6) is 0 Å². The second-order valence-electron chi connectivity index (χ2n) is 5.19. The topological polar surface area (TPSA) is 55.1 Å². The zero-order valence-electron chi connectivity index (χ0n) is 11.4. The Kier molecular flexibility index (Phi) is 4.08. The SMILES string of the molecule is CCNCCc1nn2c(C3CCCCC3)nnc2s1. The van der Waals surface area contributed by atoms with Crippen molar-refractivity contribution < 1.29 is 0 Å². The molecule has 0 aromatic carbocycles. The number of fused-ring (bicyclic) bond motifs is 1. The van der Waals surface area contributed by atoms with Crippen molar-refractivity contribution in [2.45, 2.75) is 51.4 Å². The highest BCUT2D eigenvalue weighted by atomic mass is 32.1. The van der Waals surface area contributed by atoms with E-state index in [0.29, 0.717) is 5.92 Å². The lowest BCUT2D eigenvalue weighted by atomic mass is 9.89. The first-order valence-electron chi connectivity index (χ1n) is 7.30. The van der Waals surface area contributed by atoms with Gasteiger partial charge in [0, 0.05) is 18.9 Å². The minimum absolute atomic E-state index is 0.562. The Morgan fingerprint density at radius 1 is 1.26 bits per heavy atom. The monoisotopic (exact) mass is 279 g/mol. The molecule has 0 spiro atoms. The Morgan fingerprint density at radius 2 is 2.11 bits per heavy atom. The molecule has 1 aliphatic rings. The van der Waals surface area contributed by atoms with Gasteiger partial charge in [-0.15, -0.1) is 10.2 Å². The number of hydrogen-bond donors (Lipinski definition) is 1. The van der Waals surface area contributed by atoms with Crippen molar-refractivity contribution in [1.82, 2.24) is 25.1 Å². The fraction of sp³-hybridized carbons (Fsp3) is 0.769. The van der Waals surface area contributed by atoms with Gasteiger partial charge in [-0.3, -0.25) is 0 Å². The van der Waals surface area contributed by atoms with Crippen molar-refractivity contribution in [1.29, 1.82) is 0 Å². The molecule has 1 N–H and O–H groups in total. The van der Waals surface area contributed by atoms with Crippen LogP contribution in [0.15, 0.2) is 0 Å². The zero-order valence-corrected chi connectivity index (χ0v) is 12.2. The Balaban J connectivity index is 1.77. The summed E-state index contributed by atoms with van der Waals surface area (Å²) in [5.41, 5.74) is 0. The number of rotatable bonds is 5. The van der Waals surface area contributed by atoms with Gasteiger partial charge in [0.05, 0.1) is 0 Å². The smallest absolute Gasteiger partial charge is 0.234 e. The normalized spacial score (nSPS) is 17.3. The van der Waals surface area contributed by atoms with E-state index >= 15 is 0 Å². The molecule has 6 heteroatoms. The fourth-order valence-electron chi connectivity index (χ4n) is 2.76. The summed E-state index contributed by atoms with van der Waals surface area (Å²) >= 11 is 1.67. The Bertz CT molecular complexity index is 526. The van der Waals surface area contributed by atoms with Crippen LogP contribution in [0.3, 0.4) is 0 Å². The number of aromatic nitrogens is 4. The molecule has 0 saturated heterocycles. The molecule has 104 valence electrons. The van der Waals surface area contributed by atoms with Crippen LogP contribution in [-0.4, -0.2) is 32.9 Å². The van der Waals surface area contributed by atoms with Crippen LogP contribution in [0.1, 0.15) is 55.8 Å². The number of likely N-dealkylation sites (N-methyl/N-ethyl adjacent to an activating group) is 1. The summed E-state index contributed by atoms with van der Waals surface area (Å²) in [5.74, 6) is 1.65. The third-order valence-corrected chi connectivity index (χ3v) is 4.75. The maximum atomic E-state index is 4.69. The quantitative estimate of drug-likeness (QED) is 0.854. The summed E-state index contributed by atoms with van der Waals surface area (Å²) in [4.78, 5) is 0.951. The summed E-state index contributed by atoms with van der Waals surface area (Å²) < 4.78 is 1.99. The van der Waals surface area contributed by atoms with Crippen LogP contribution < -0.4 is 5.32 Å². The van der Waals surface area contributed by atoms with Gasteiger partial charge in [0.15, 0.2) is 5.82 Å². The van der Waals surface area contributed by atoms with Gasteiger partial charge < -0.3 is 5.32 Å². The maximum Gasteiger partial charge on any atom is 0.234 e. The number of nitrogens with zero attached hydrogens (tertiary/aromatic N) is 4. The van der Waals surface area contributed by atoms with E-state index in [9.17, 15) is 0 Å². The van der Waals surface area contributed by atoms with E-state index in [0.717, 1.165) is 35.3 Å². The second kappa shape index (κ2) is 5.96. The minimum atomic E-state index is 0.562. The molecule has 1 fully saturated rings. The molecule has 2 aromatic heterocycles. The van der Waals surface area contributed by atoms with Gasteiger partial charge in [-0.25, -0.2) is 0 Å². The van der Waals surface area contributed by atoms with E-state index in [1.54, 1.807) is 11.3 Å². The van der Waals surface area contributed by atoms with Crippen molar-refractivity contribution in [2.75, 3.05) is 13.1 Å². The van der Waals surface area contributed by atoms with Gasteiger partial charge in [-0.2, -0.15) is 9.61 Å².